The summed E-state index contributed by atoms with van der Waals surface area (Å²) < 4.78 is 5.19. The summed E-state index contributed by atoms with van der Waals surface area (Å²) in [6.45, 7) is 1.49. The first kappa shape index (κ1) is 8.65. The van der Waals surface area contributed by atoms with Crippen LogP contribution >= 0.6 is 11.6 Å². The molecule has 1 aromatic rings. The molecule has 0 bridgehead atoms. The molecule has 1 aromatic heterocycles. The molecule has 1 saturated heterocycles. The van der Waals surface area contributed by atoms with Gasteiger partial charge in [-0.1, -0.05) is 0 Å². The quantitative estimate of drug-likeness (QED) is 0.763. The number of nitrogens with one attached hydrogen (secondary N) is 1. The number of ether oxygens (including phenoxy) is 1. The Morgan fingerprint density at radius 2 is 2.46 bits per heavy atom. The van der Waals surface area contributed by atoms with E-state index in [1.54, 1.807) is 0 Å². The highest BCUT2D eigenvalue weighted by Gasteiger charge is 2.15. The van der Waals surface area contributed by atoms with Crippen molar-refractivity contribution < 1.29 is 4.74 Å². The minimum Gasteiger partial charge on any atom is -0.379 e. The van der Waals surface area contributed by atoms with E-state index < -0.39 is 0 Å². The number of nitrogens with zero attached hydrogens (tertiary/aromatic N) is 3. The van der Waals surface area contributed by atoms with E-state index in [0.717, 1.165) is 13.0 Å². The lowest BCUT2D eigenvalue weighted by Gasteiger charge is -2.08. The van der Waals surface area contributed by atoms with E-state index in [9.17, 15) is 0 Å². The Bertz CT molecular complexity index is 290. The number of hydrogen-bond donors (Lipinski definition) is 1. The van der Waals surface area contributed by atoms with Crippen LogP contribution in [0.5, 0.6) is 0 Å². The van der Waals surface area contributed by atoms with E-state index in [4.69, 9.17) is 16.3 Å². The van der Waals surface area contributed by atoms with Gasteiger partial charge in [-0.25, -0.2) is 9.97 Å². The predicted molar refractivity (Wildman–Crippen MR) is 47.7 cm³/mol. The molecule has 5 nitrogen and oxygen atoms in total. The summed E-state index contributed by atoms with van der Waals surface area (Å²) in [6.07, 6.45) is 2.36. The van der Waals surface area contributed by atoms with E-state index in [1.165, 1.54) is 6.33 Å². The summed E-state index contributed by atoms with van der Waals surface area (Å²) in [5.74, 6) is 0.510. The zero-order valence-electron chi connectivity index (χ0n) is 6.90. The topological polar surface area (TPSA) is 59.9 Å². The molecular formula is C7H9ClN4O. The lowest BCUT2D eigenvalue weighted by Crippen LogP contribution is -2.20. The van der Waals surface area contributed by atoms with Crippen LogP contribution in [0.3, 0.4) is 0 Å². The lowest BCUT2D eigenvalue weighted by atomic mass is 10.3. The number of rotatable bonds is 2. The normalized spacial score (nSPS) is 21.8. The van der Waals surface area contributed by atoms with Crippen LogP contribution in [0, 0.1) is 0 Å². The van der Waals surface area contributed by atoms with Crippen LogP contribution < -0.4 is 5.32 Å². The van der Waals surface area contributed by atoms with E-state index >= 15 is 0 Å². The SMILES string of the molecule is Clc1ncnc(NC2CCOC2)n1. The van der Waals surface area contributed by atoms with Crippen LogP contribution in [-0.4, -0.2) is 34.2 Å². The third-order valence-corrected chi connectivity index (χ3v) is 1.99. The maximum atomic E-state index is 5.60. The summed E-state index contributed by atoms with van der Waals surface area (Å²) >= 11 is 5.60. The van der Waals surface area contributed by atoms with Crippen molar-refractivity contribution in [1.82, 2.24) is 15.0 Å². The van der Waals surface area contributed by atoms with Crippen LogP contribution in [0.2, 0.25) is 5.28 Å². The largest absolute Gasteiger partial charge is 0.379 e. The van der Waals surface area contributed by atoms with Crippen LogP contribution in [0.25, 0.3) is 0 Å². The number of anilines is 1. The van der Waals surface area contributed by atoms with Gasteiger partial charge >= 0.3 is 0 Å². The van der Waals surface area contributed by atoms with Crippen LogP contribution in [0.4, 0.5) is 5.95 Å². The maximum Gasteiger partial charge on any atom is 0.227 e. The Morgan fingerprint density at radius 1 is 1.54 bits per heavy atom. The molecule has 2 heterocycles. The molecule has 0 saturated carbocycles. The van der Waals surface area contributed by atoms with Gasteiger partial charge in [-0.15, -0.1) is 0 Å². The predicted octanol–water partition coefficient (Wildman–Crippen LogP) is 0.726. The van der Waals surface area contributed by atoms with Crippen molar-refractivity contribution in [3.63, 3.8) is 0 Å². The third kappa shape index (κ3) is 2.26. The van der Waals surface area contributed by atoms with E-state index in [-0.39, 0.29) is 5.28 Å². The second-order valence-corrected chi connectivity index (χ2v) is 3.12. The highest BCUT2D eigenvalue weighted by molar-refractivity contribution is 6.28. The molecule has 1 unspecified atom stereocenters. The fourth-order valence-electron chi connectivity index (χ4n) is 1.18. The van der Waals surface area contributed by atoms with Crippen molar-refractivity contribution in [3.05, 3.63) is 11.6 Å². The summed E-state index contributed by atoms with van der Waals surface area (Å²) in [4.78, 5) is 11.5. The molecule has 6 heteroatoms. The Morgan fingerprint density at radius 3 is 3.15 bits per heavy atom. The average molecular weight is 201 g/mol. The lowest BCUT2D eigenvalue weighted by molar-refractivity contribution is 0.195. The van der Waals surface area contributed by atoms with Gasteiger partial charge in [-0.2, -0.15) is 4.98 Å². The second kappa shape index (κ2) is 3.85. The number of aromatic nitrogens is 3. The highest BCUT2D eigenvalue weighted by Crippen LogP contribution is 2.10. The molecular weight excluding hydrogens is 192 g/mol. The third-order valence-electron chi connectivity index (χ3n) is 1.81. The first-order chi connectivity index (χ1) is 6.34. The van der Waals surface area contributed by atoms with E-state index in [1.807, 2.05) is 0 Å². The minimum absolute atomic E-state index is 0.205. The average Bonchev–Trinajstić information content (AvgIpc) is 2.57. The zero-order valence-corrected chi connectivity index (χ0v) is 7.66. The first-order valence-electron chi connectivity index (χ1n) is 4.03. The number of halogens is 1. The molecule has 1 aliphatic rings. The van der Waals surface area contributed by atoms with Crippen molar-refractivity contribution in [3.8, 4) is 0 Å². The highest BCUT2D eigenvalue weighted by atomic mass is 35.5. The standard InChI is InChI=1S/C7H9ClN4O/c8-6-9-4-10-7(12-6)11-5-1-2-13-3-5/h4-5H,1-3H2,(H,9,10,11,12). The second-order valence-electron chi connectivity index (χ2n) is 2.78. The molecule has 1 aliphatic heterocycles. The van der Waals surface area contributed by atoms with Crippen LogP contribution in [0.1, 0.15) is 6.42 Å². The Hall–Kier alpha value is -0.940. The van der Waals surface area contributed by atoms with Gasteiger partial charge in [0.05, 0.1) is 12.6 Å². The van der Waals surface area contributed by atoms with Gasteiger partial charge in [0.15, 0.2) is 0 Å². The molecule has 0 amide bonds. The Labute approximate surface area is 80.5 Å². The summed E-state index contributed by atoms with van der Waals surface area (Å²) in [5, 5.41) is 3.32. The summed E-state index contributed by atoms with van der Waals surface area (Å²) in [6, 6.07) is 0.290. The molecule has 13 heavy (non-hydrogen) atoms. The van der Waals surface area contributed by atoms with E-state index in [2.05, 4.69) is 20.3 Å². The minimum atomic E-state index is 0.205. The fourth-order valence-corrected chi connectivity index (χ4v) is 1.30. The fraction of sp³-hybridized carbons (Fsp3) is 0.571. The molecule has 0 radical (unpaired) electrons. The van der Waals surface area contributed by atoms with Gasteiger partial charge < -0.3 is 10.1 Å². The van der Waals surface area contributed by atoms with Crippen molar-refractivity contribution in [2.45, 2.75) is 12.5 Å². The molecule has 0 aliphatic carbocycles. The summed E-state index contributed by atoms with van der Waals surface area (Å²) in [7, 11) is 0. The number of hydrogen-bond acceptors (Lipinski definition) is 5. The monoisotopic (exact) mass is 200 g/mol. The molecule has 1 fully saturated rings. The molecule has 0 spiro atoms. The Kier molecular flexibility index (Phi) is 2.56. The van der Waals surface area contributed by atoms with E-state index in [0.29, 0.717) is 18.6 Å². The molecule has 0 aromatic carbocycles. The van der Waals surface area contributed by atoms with Crippen molar-refractivity contribution in [2.75, 3.05) is 18.5 Å². The zero-order chi connectivity index (χ0) is 9.10. The van der Waals surface area contributed by atoms with Crippen LogP contribution in [0.15, 0.2) is 6.33 Å². The Balaban J connectivity index is 2.00. The van der Waals surface area contributed by atoms with Gasteiger partial charge in [0.2, 0.25) is 11.2 Å². The van der Waals surface area contributed by atoms with Gasteiger partial charge in [-0.05, 0) is 18.0 Å². The summed E-state index contributed by atoms with van der Waals surface area (Å²) in [5.41, 5.74) is 0. The van der Waals surface area contributed by atoms with Gasteiger partial charge in [0.1, 0.15) is 6.33 Å². The molecule has 1 atom stereocenters. The van der Waals surface area contributed by atoms with Crippen molar-refractivity contribution in [2.24, 2.45) is 0 Å². The molecule has 2 rings (SSSR count). The first-order valence-corrected chi connectivity index (χ1v) is 4.41. The van der Waals surface area contributed by atoms with Crippen molar-refractivity contribution in [1.29, 1.82) is 0 Å². The maximum absolute atomic E-state index is 5.60. The van der Waals surface area contributed by atoms with Gasteiger partial charge in [0.25, 0.3) is 0 Å². The molecule has 1 N–H and O–H groups in total. The molecule has 70 valence electrons. The van der Waals surface area contributed by atoms with Crippen LogP contribution in [-0.2, 0) is 4.74 Å². The van der Waals surface area contributed by atoms with Crippen molar-refractivity contribution >= 4 is 17.5 Å². The van der Waals surface area contributed by atoms with Gasteiger partial charge in [0, 0.05) is 6.61 Å². The van der Waals surface area contributed by atoms with Gasteiger partial charge in [-0.3, -0.25) is 0 Å². The smallest absolute Gasteiger partial charge is 0.227 e.